The van der Waals surface area contributed by atoms with Gasteiger partial charge in [-0.1, -0.05) is 30.3 Å². The molecule has 3 N–H and O–H groups in total. The van der Waals surface area contributed by atoms with Crippen LogP contribution < -0.4 is 10.6 Å². The van der Waals surface area contributed by atoms with Crippen LogP contribution in [0.3, 0.4) is 0 Å². The zero-order chi connectivity index (χ0) is 15.9. The molecule has 7 nitrogen and oxygen atoms in total. The minimum Gasteiger partial charge on any atom is -0.445 e. The van der Waals surface area contributed by atoms with Crippen molar-refractivity contribution in [1.82, 2.24) is 25.8 Å². The van der Waals surface area contributed by atoms with Crippen LogP contribution in [-0.2, 0) is 17.9 Å². The Kier molecular flexibility index (Phi) is 9.26. The number of piperidine rings is 1. The third-order valence-corrected chi connectivity index (χ3v) is 3.87. The van der Waals surface area contributed by atoms with Crippen molar-refractivity contribution in [3.05, 3.63) is 47.5 Å². The zero-order valence-electron chi connectivity index (χ0n) is 13.7. The maximum absolute atomic E-state index is 11.7. The molecule has 1 saturated heterocycles. The van der Waals surface area contributed by atoms with Gasteiger partial charge in [0.25, 0.3) is 0 Å². The van der Waals surface area contributed by atoms with Crippen LogP contribution in [0.4, 0.5) is 4.79 Å². The number of alkyl carbamates (subject to hydrolysis) is 1. The summed E-state index contributed by atoms with van der Waals surface area (Å²) < 4.78 is 5.15. The largest absolute Gasteiger partial charge is 0.445 e. The van der Waals surface area contributed by atoms with Crippen molar-refractivity contribution in [3.8, 4) is 0 Å². The molecule has 1 aliphatic rings. The van der Waals surface area contributed by atoms with Crippen LogP contribution in [-0.4, -0.2) is 34.4 Å². The van der Waals surface area contributed by atoms with Gasteiger partial charge in [0.05, 0.1) is 6.54 Å². The molecule has 9 heteroatoms. The number of halogens is 2. The van der Waals surface area contributed by atoms with Gasteiger partial charge in [0.2, 0.25) is 0 Å². The Morgan fingerprint density at radius 1 is 1.20 bits per heavy atom. The van der Waals surface area contributed by atoms with Crippen LogP contribution in [0.1, 0.15) is 36.0 Å². The van der Waals surface area contributed by atoms with E-state index < -0.39 is 6.09 Å². The minimum absolute atomic E-state index is 0. The van der Waals surface area contributed by atoms with Gasteiger partial charge in [-0.3, -0.25) is 5.10 Å². The van der Waals surface area contributed by atoms with Crippen LogP contribution >= 0.6 is 24.8 Å². The molecule has 0 radical (unpaired) electrons. The number of carbonyl (C=O) groups excluding carboxylic acids is 1. The third-order valence-electron chi connectivity index (χ3n) is 3.87. The second-order valence-corrected chi connectivity index (χ2v) is 5.58. The molecule has 1 aromatic carbocycles. The summed E-state index contributed by atoms with van der Waals surface area (Å²) in [6, 6.07) is 9.57. The summed E-state index contributed by atoms with van der Waals surface area (Å²) in [7, 11) is 0. The van der Waals surface area contributed by atoms with Gasteiger partial charge in [-0.2, -0.15) is 5.10 Å². The summed E-state index contributed by atoms with van der Waals surface area (Å²) in [5.74, 6) is 1.88. The Morgan fingerprint density at radius 2 is 1.92 bits per heavy atom. The molecule has 0 aliphatic carbocycles. The van der Waals surface area contributed by atoms with Gasteiger partial charge >= 0.3 is 6.09 Å². The van der Waals surface area contributed by atoms with Crippen molar-refractivity contribution < 1.29 is 9.53 Å². The first kappa shape index (κ1) is 21.2. The lowest BCUT2D eigenvalue weighted by Crippen LogP contribution is -2.27. The van der Waals surface area contributed by atoms with Gasteiger partial charge < -0.3 is 15.4 Å². The van der Waals surface area contributed by atoms with Gasteiger partial charge in [-0.25, -0.2) is 9.78 Å². The van der Waals surface area contributed by atoms with Crippen molar-refractivity contribution in [2.24, 2.45) is 0 Å². The van der Waals surface area contributed by atoms with Crippen molar-refractivity contribution in [2.45, 2.75) is 31.9 Å². The number of benzene rings is 1. The number of H-pyrrole nitrogens is 1. The first-order chi connectivity index (χ1) is 11.3. The molecule has 2 aromatic rings. The van der Waals surface area contributed by atoms with Gasteiger partial charge in [0.15, 0.2) is 5.82 Å². The van der Waals surface area contributed by atoms with E-state index in [0.717, 1.165) is 37.3 Å². The number of hydrogen-bond acceptors (Lipinski definition) is 5. The average molecular weight is 388 g/mol. The number of rotatable bonds is 5. The van der Waals surface area contributed by atoms with E-state index in [4.69, 9.17) is 4.74 Å². The zero-order valence-corrected chi connectivity index (χ0v) is 15.4. The van der Waals surface area contributed by atoms with E-state index in [-0.39, 0.29) is 38.0 Å². The molecule has 2 heterocycles. The molecule has 0 unspecified atom stereocenters. The number of nitrogens with one attached hydrogen (secondary N) is 3. The SMILES string of the molecule is Cl.Cl.O=C(NCc1nc(C2CCNCC2)n[nH]1)OCc1ccccc1. The Bertz CT molecular complexity index is 632. The highest BCUT2D eigenvalue weighted by Gasteiger charge is 2.19. The standard InChI is InChI=1S/C16H21N5O2.2ClH/c22-16(23-11-12-4-2-1-3-5-12)18-10-14-19-15(21-20-14)13-6-8-17-9-7-13;;/h1-5,13,17H,6-11H2,(H,18,22)(H,19,20,21);2*1H. The summed E-state index contributed by atoms with van der Waals surface area (Å²) in [5, 5.41) is 13.1. The summed E-state index contributed by atoms with van der Waals surface area (Å²) in [4.78, 5) is 16.2. The Hall–Kier alpha value is -1.83. The number of aromatic nitrogens is 3. The molecule has 0 spiro atoms. The Labute approximate surface area is 159 Å². The van der Waals surface area contributed by atoms with E-state index in [1.54, 1.807) is 0 Å². The number of carbonyl (C=O) groups is 1. The molecule has 1 aromatic heterocycles. The Morgan fingerprint density at radius 3 is 2.64 bits per heavy atom. The van der Waals surface area contributed by atoms with Crippen LogP contribution in [0, 0.1) is 0 Å². The number of nitrogens with zero attached hydrogens (tertiary/aromatic N) is 2. The van der Waals surface area contributed by atoms with E-state index in [0.29, 0.717) is 11.7 Å². The van der Waals surface area contributed by atoms with Crippen LogP contribution in [0.2, 0.25) is 0 Å². The van der Waals surface area contributed by atoms with E-state index in [1.165, 1.54) is 0 Å². The summed E-state index contributed by atoms with van der Waals surface area (Å²) in [6.07, 6.45) is 1.63. The number of ether oxygens (including phenoxy) is 1. The molecule has 0 bridgehead atoms. The fourth-order valence-electron chi connectivity index (χ4n) is 2.58. The fraction of sp³-hybridized carbons (Fsp3) is 0.438. The first-order valence-electron chi connectivity index (χ1n) is 7.87. The molecule has 25 heavy (non-hydrogen) atoms. The second kappa shape index (κ2) is 10.9. The van der Waals surface area contributed by atoms with E-state index in [9.17, 15) is 4.79 Å². The predicted octanol–water partition coefficient (Wildman–Crippen LogP) is 2.54. The molecule has 1 amide bonds. The second-order valence-electron chi connectivity index (χ2n) is 5.58. The highest BCUT2D eigenvalue weighted by molar-refractivity contribution is 5.85. The molecular formula is C16H23Cl2N5O2. The topological polar surface area (TPSA) is 91.9 Å². The maximum Gasteiger partial charge on any atom is 0.407 e. The molecule has 1 aliphatic heterocycles. The van der Waals surface area contributed by atoms with Gasteiger partial charge in [0.1, 0.15) is 12.4 Å². The van der Waals surface area contributed by atoms with E-state index in [1.807, 2.05) is 30.3 Å². The quantitative estimate of drug-likeness (QED) is 0.732. The van der Waals surface area contributed by atoms with Crippen LogP contribution in [0.5, 0.6) is 0 Å². The van der Waals surface area contributed by atoms with Gasteiger partial charge in [-0.15, -0.1) is 24.8 Å². The lowest BCUT2D eigenvalue weighted by atomic mass is 9.98. The minimum atomic E-state index is -0.464. The maximum atomic E-state index is 11.7. The number of aromatic amines is 1. The smallest absolute Gasteiger partial charge is 0.407 e. The highest BCUT2D eigenvalue weighted by atomic mass is 35.5. The Balaban J connectivity index is 0.00000156. The van der Waals surface area contributed by atoms with Crippen LogP contribution in [0.25, 0.3) is 0 Å². The number of hydrogen-bond donors (Lipinski definition) is 3. The fourth-order valence-corrected chi connectivity index (χ4v) is 2.58. The van der Waals surface area contributed by atoms with Crippen LogP contribution in [0.15, 0.2) is 30.3 Å². The average Bonchev–Trinajstić information content (AvgIpc) is 3.09. The lowest BCUT2D eigenvalue weighted by molar-refractivity contribution is 0.139. The summed E-state index contributed by atoms with van der Waals surface area (Å²) >= 11 is 0. The van der Waals surface area contributed by atoms with Crippen molar-refractivity contribution in [1.29, 1.82) is 0 Å². The first-order valence-corrected chi connectivity index (χ1v) is 7.87. The monoisotopic (exact) mass is 387 g/mol. The number of amides is 1. The normalized spacial score (nSPS) is 14.1. The van der Waals surface area contributed by atoms with Gasteiger partial charge in [-0.05, 0) is 31.5 Å². The molecule has 3 rings (SSSR count). The summed E-state index contributed by atoms with van der Waals surface area (Å²) in [5.41, 5.74) is 0.954. The highest BCUT2D eigenvalue weighted by Crippen LogP contribution is 2.21. The van der Waals surface area contributed by atoms with Crippen molar-refractivity contribution in [2.75, 3.05) is 13.1 Å². The molecule has 1 fully saturated rings. The summed E-state index contributed by atoms with van der Waals surface area (Å²) in [6.45, 7) is 2.53. The molecule has 138 valence electrons. The van der Waals surface area contributed by atoms with E-state index in [2.05, 4.69) is 25.8 Å². The lowest BCUT2D eigenvalue weighted by Gasteiger charge is -2.19. The molecular weight excluding hydrogens is 365 g/mol. The predicted molar refractivity (Wildman–Crippen MR) is 99.2 cm³/mol. The van der Waals surface area contributed by atoms with Crippen molar-refractivity contribution >= 4 is 30.9 Å². The van der Waals surface area contributed by atoms with E-state index >= 15 is 0 Å². The third kappa shape index (κ3) is 6.53. The van der Waals surface area contributed by atoms with Crippen molar-refractivity contribution in [3.63, 3.8) is 0 Å². The molecule has 0 atom stereocenters. The molecule has 0 saturated carbocycles. The van der Waals surface area contributed by atoms with Gasteiger partial charge in [0, 0.05) is 5.92 Å².